The molecule has 4 aliphatic rings. The van der Waals surface area contributed by atoms with Gasteiger partial charge in [-0.05, 0) is 63.4 Å². The third-order valence-corrected chi connectivity index (χ3v) is 7.52. The molecule has 0 aromatic carbocycles. The zero-order valence-electron chi connectivity index (χ0n) is 14.7. The Bertz CT molecular complexity index is 875. The van der Waals surface area contributed by atoms with Crippen LogP contribution in [0, 0.1) is 24.2 Å². The number of carbonyl (C=O) groups excluding carboxylic acids is 1. The van der Waals surface area contributed by atoms with E-state index in [9.17, 15) is 4.79 Å². The van der Waals surface area contributed by atoms with Gasteiger partial charge in [-0.3, -0.25) is 9.48 Å². The van der Waals surface area contributed by atoms with Crippen LogP contribution in [-0.2, 0) is 11.8 Å². The molecule has 5 nitrogen and oxygen atoms in total. The van der Waals surface area contributed by atoms with Crippen molar-refractivity contribution in [3.05, 3.63) is 18.0 Å². The van der Waals surface area contributed by atoms with Gasteiger partial charge in [0.25, 0.3) is 0 Å². The van der Waals surface area contributed by atoms with E-state index in [1.165, 1.54) is 19.3 Å². The number of carbonyl (C=O) groups is 1. The topological polar surface area (TPSA) is 59.8 Å². The second-order valence-corrected chi connectivity index (χ2v) is 10.3. The first kappa shape index (κ1) is 15.8. The number of fused-ring (bicyclic) bond motifs is 1. The summed E-state index contributed by atoms with van der Waals surface area (Å²) in [5.41, 5.74) is 2.37. The average molecular weight is 403 g/mol. The summed E-state index contributed by atoms with van der Waals surface area (Å²) < 4.78 is 1.97. The molecular weight excluding hydrogens is 380 g/mol. The molecule has 0 spiro atoms. The molecule has 2 unspecified atom stereocenters. The molecule has 6 heteroatoms. The molecule has 4 fully saturated rings. The molecule has 2 aromatic rings. The molecule has 4 aliphatic carbocycles. The minimum atomic E-state index is -0.202. The SMILES string of the molecule is Cc1nn(C)c2ncc(NC(=O)C34CC5CC(CC(Br)(C5)C3)C4)cc12. The molecular formula is C19H23BrN4O. The lowest BCUT2D eigenvalue weighted by molar-refractivity contribution is -0.138. The number of anilines is 1. The number of halogens is 1. The van der Waals surface area contributed by atoms with Crippen molar-refractivity contribution in [3.8, 4) is 0 Å². The summed E-state index contributed by atoms with van der Waals surface area (Å²) in [5, 5.41) is 8.60. The second-order valence-electron chi connectivity index (χ2n) is 8.65. The number of aryl methyl sites for hydroxylation is 2. The fraction of sp³-hybridized carbons (Fsp3) is 0.632. The number of nitrogens with zero attached hydrogens (tertiary/aromatic N) is 3. The number of alkyl halides is 1. The van der Waals surface area contributed by atoms with Crippen LogP contribution in [0.1, 0.15) is 44.2 Å². The number of pyridine rings is 1. The van der Waals surface area contributed by atoms with Crippen molar-refractivity contribution in [3.63, 3.8) is 0 Å². The fourth-order valence-electron chi connectivity index (χ4n) is 6.06. The quantitative estimate of drug-likeness (QED) is 0.773. The molecule has 4 saturated carbocycles. The Morgan fingerprint density at radius 2 is 2.04 bits per heavy atom. The Balaban J connectivity index is 1.45. The van der Waals surface area contributed by atoms with Crippen molar-refractivity contribution >= 4 is 38.6 Å². The fourth-order valence-corrected chi connectivity index (χ4v) is 7.51. The van der Waals surface area contributed by atoms with Gasteiger partial charge in [-0.1, -0.05) is 15.9 Å². The van der Waals surface area contributed by atoms with Crippen molar-refractivity contribution in [2.24, 2.45) is 24.3 Å². The van der Waals surface area contributed by atoms with E-state index in [1.54, 1.807) is 10.9 Å². The lowest BCUT2D eigenvalue weighted by atomic mass is 9.49. The maximum Gasteiger partial charge on any atom is 0.230 e. The summed E-state index contributed by atoms with van der Waals surface area (Å²) in [6.07, 6.45) is 8.60. The Morgan fingerprint density at radius 3 is 2.72 bits per heavy atom. The highest BCUT2D eigenvalue weighted by Crippen LogP contribution is 2.64. The van der Waals surface area contributed by atoms with Crippen LogP contribution in [0.3, 0.4) is 0 Å². The highest BCUT2D eigenvalue weighted by Gasteiger charge is 2.59. The van der Waals surface area contributed by atoms with E-state index in [0.717, 1.165) is 41.7 Å². The van der Waals surface area contributed by atoms with Crippen LogP contribution in [0.15, 0.2) is 12.3 Å². The molecule has 1 N–H and O–H groups in total. The third-order valence-electron chi connectivity index (χ3n) is 6.59. The average Bonchev–Trinajstić information content (AvgIpc) is 2.79. The van der Waals surface area contributed by atoms with E-state index < -0.39 is 0 Å². The number of hydrogen-bond acceptors (Lipinski definition) is 3. The number of amides is 1. The van der Waals surface area contributed by atoms with Crippen LogP contribution >= 0.6 is 15.9 Å². The van der Waals surface area contributed by atoms with Crippen molar-refractivity contribution < 1.29 is 4.79 Å². The number of rotatable bonds is 2. The Hall–Kier alpha value is -1.43. The molecule has 0 saturated heterocycles. The second kappa shape index (κ2) is 5.06. The third kappa shape index (κ3) is 2.36. The van der Waals surface area contributed by atoms with Crippen LogP contribution in [0.5, 0.6) is 0 Å². The molecule has 2 aromatic heterocycles. The van der Waals surface area contributed by atoms with Crippen molar-refractivity contribution in [1.82, 2.24) is 14.8 Å². The first-order valence-corrected chi connectivity index (χ1v) is 9.95. The lowest BCUT2D eigenvalue weighted by Crippen LogP contribution is -2.57. The van der Waals surface area contributed by atoms with Crippen LogP contribution in [0.25, 0.3) is 11.0 Å². The minimum absolute atomic E-state index is 0.188. The van der Waals surface area contributed by atoms with Gasteiger partial charge in [0.2, 0.25) is 5.91 Å². The molecule has 0 radical (unpaired) electrons. The van der Waals surface area contributed by atoms with Gasteiger partial charge in [0, 0.05) is 16.8 Å². The van der Waals surface area contributed by atoms with Crippen LogP contribution in [0.2, 0.25) is 0 Å². The minimum Gasteiger partial charge on any atom is -0.324 e. The smallest absolute Gasteiger partial charge is 0.230 e. The maximum absolute atomic E-state index is 13.3. The number of nitrogens with one attached hydrogen (secondary N) is 1. The monoisotopic (exact) mass is 402 g/mol. The predicted octanol–water partition coefficient (Wildman–Crippen LogP) is 3.95. The summed E-state index contributed by atoms with van der Waals surface area (Å²) >= 11 is 3.99. The largest absolute Gasteiger partial charge is 0.324 e. The standard InChI is InChI=1S/C19H23BrN4O/c1-11-15-4-14(9-21-16(15)24(2)23-11)22-17(25)18-5-12-3-13(6-18)8-19(20,7-12)10-18/h4,9,12-13H,3,5-8,10H2,1-2H3,(H,22,25). The summed E-state index contributed by atoms with van der Waals surface area (Å²) in [6.45, 7) is 1.98. The normalized spacial score (nSPS) is 36.1. The molecule has 6 rings (SSSR count). The van der Waals surface area contributed by atoms with Crippen LogP contribution in [0.4, 0.5) is 5.69 Å². The Morgan fingerprint density at radius 1 is 1.32 bits per heavy atom. The zero-order valence-corrected chi connectivity index (χ0v) is 16.3. The van der Waals surface area contributed by atoms with Gasteiger partial charge in [0.15, 0.2) is 5.65 Å². The summed E-state index contributed by atoms with van der Waals surface area (Å²) in [6, 6.07) is 2.01. The molecule has 4 bridgehead atoms. The number of aromatic nitrogens is 3. The molecule has 132 valence electrons. The van der Waals surface area contributed by atoms with Crippen molar-refractivity contribution in [2.45, 2.75) is 49.8 Å². The molecule has 2 heterocycles. The van der Waals surface area contributed by atoms with Gasteiger partial charge in [0.05, 0.1) is 23.0 Å². The van der Waals surface area contributed by atoms with E-state index in [4.69, 9.17) is 0 Å². The highest BCUT2D eigenvalue weighted by atomic mass is 79.9. The van der Waals surface area contributed by atoms with Crippen LogP contribution in [-0.4, -0.2) is 25.0 Å². The van der Waals surface area contributed by atoms with Gasteiger partial charge in [0.1, 0.15) is 0 Å². The van der Waals surface area contributed by atoms with E-state index in [-0.39, 0.29) is 15.6 Å². The van der Waals surface area contributed by atoms with Gasteiger partial charge in [-0.15, -0.1) is 0 Å². The first-order chi connectivity index (χ1) is 11.9. The molecule has 1 amide bonds. The first-order valence-electron chi connectivity index (χ1n) is 9.16. The van der Waals surface area contributed by atoms with Gasteiger partial charge < -0.3 is 5.32 Å². The van der Waals surface area contributed by atoms with Crippen molar-refractivity contribution in [1.29, 1.82) is 0 Å². The zero-order chi connectivity index (χ0) is 17.4. The highest BCUT2D eigenvalue weighted by molar-refractivity contribution is 9.10. The molecule has 0 aliphatic heterocycles. The molecule has 25 heavy (non-hydrogen) atoms. The van der Waals surface area contributed by atoms with E-state index >= 15 is 0 Å². The summed E-state index contributed by atoms with van der Waals surface area (Å²) in [4.78, 5) is 17.7. The summed E-state index contributed by atoms with van der Waals surface area (Å²) in [5.74, 6) is 1.59. The van der Waals surface area contributed by atoms with Gasteiger partial charge >= 0.3 is 0 Å². The van der Waals surface area contributed by atoms with Crippen LogP contribution < -0.4 is 5.32 Å². The lowest BCUT2D eigenvalue weighted by Gasteiger charge is -2.59. The van der Waals surface area contributed by atoms with Gasteiger partial charge in [-0.2, -0.15) is 5.10 Å². The Labute approximate surface area is 155 Å². The van der Waals surface area contributed by atoms with Crippen molar-refractivity contribution in [2.75, 3.05) is 5.32 Å². The molecule has 2 atom stereocenters. The summed E-state index contributed by atoms with van der Waals surface area (Å²) in [7, 11) is 1.89. The Kier molecular flexibility index (Phi) is 3.20. The predicted molar refractivity (Wildman–Crippen MR) is 101 cm³/mol. The number of hydrogen-bond donors (Lipinski definition) is 1. The maximum atomic E-state index is 13.3. The van der Waals surface area contributed by atoms with Gasteiger partial charge in [-0.25, -0.2) is 4.98 Å². The van der Waals surface area contributed by atoms with E-state index in [0.29, 0.717) is 11.8 Å². The van der Waals surface area contributed by atoms with E-state index in [2.05, 4.69) is 31.3 Å². The van der Waals surface area contributed by atoms with E-state index in [1.807, 2.05) is 20.0 Å².